The van der Waals surface area contributed by atoms with Gasteiger partial charge in [-0.25, -0.2) is 9.36 Å². The van der Waals surface area contributed by atoms with Crippen molar-refractivity contribution in [2.75, 3.05) is 33.8 Å². The number of likely N-dealkylation sites (tertiary alicyclic amines) is 1. The van der Waals surface area contributed by atoms with Crippen LogP contribution < -0.4 is 10.1 Å². The van der Waals surface area contributed by atoms with Crippen molar-refractivity contribution >= 4 is 17.1 Å². The Kier molecular flexibility index (Phi) is 6.33. The van der Waals surface area contributed by atoms with Crippen molar-refractivity contribution in [3.8, 4) is 6.01 Å². The number of carbonyl (C=O) groups is 1. The molecule has 1 saturated heterocycles. The van der Waals surface area contributed by atoms with Crippen LogP contribution in [0, 0.1) is 0 Å². The summed E-state index contributed by atoms with van der Waals surface area (Å²) in [7, 11) is 3.72. The number of piperidine rings is 1. The van der Waals surface area contributed by atoms with E-state index in [-0.39, 0.29) is 6.03 Å². The highest BCUT2D eigenvalue weighted by Crippen LogP contribution is 2.31. The van der Waals surface area contributed by atoms with E-state index < -0.39 is 0 Å². The molecule has 1 aromatic heterocycles. The number of aryl methyl sites for hydroxylation is 1. The van der Waals surface area contributed by atoms with E-state index in [4.69, 9.17) is 4.74 Å². The van der Waals surface area contributed by atoms with E-state index in [1.807, 2.05) is 24.3 Å². The molecule has 0 atom stereocenters. The van der Waals surface area contributed by atoms with Gasteiger partial charge in [-0.05, 0) is 75.0 Å². The molecule has 4 rings (SSSR count). The zero-order valence-electron chi connectivity index (χ0n) is 17.8. The molecule has 3 aromatic rings. The molecule has 2 aromatic carbocycles. The lowest BCUT2D eigenvalue weighted by Gasteiger charge is -2.29. The van der Waals surface area contributed by atoms with Crippen molar-refractivity contribution in [2.24, 2.45) is 0 Å². The lowest BCUT2D eigenvalue weighted by atomic mass is 9.89. The Morgan fingerprint density at radius 2 is 1.93 bits per heavy atom. The molecule has 30 heavy (non-hydrogen) atoms. The third-order valence-corrected chi connectivity index (χ3v) is 5.98. The van der Waals surface area contributed by atoms with Crippen LogP contribution >= 0.6 is 0 Å². The number of hydrogen-bond acceptors (Lipinski definition) is 4. The number of hydrogen-bond donors (Lipinski definition) is 1. The lowest BCUT2D eigenvalue weighted by molar-refractivity contribution is 0.239. The van der Waals surface area contributed by atoms with Gasteiger partial charge in [-0.2, -0.15) is 4.98 Å². The molecule has 6 nitrogen and oxygen atoms in total. The van der Waals surface area contributed by atoms with Crippen LogP contribution in [0.15, 0.2) is 48.5 Å². The van der Waals surface area contributed by atoms with Crippen LogP contribution in [0.2, 0.25) is 0 Å². The Labute approximate surface area is 177 Å². The van der Waals surface area contributed by atoms with Crippen molar-refractivity contribution < 1.29 is 9.53 Å². The lowest BCUT2D eigenvalue weighted by Crippen LogP contribution is -2.30. The predicted molar refractivity (Wildman–Crippen MR) is 119 cm³/mol. The Balaban J connectivity index is 1.45. The summed E-state index contributed by atoms with van der Waals surface area (Å²) in [4.78, 5) is 19.8. The molecule has 6 heteroatoms. The second kappa shape index (κ2) is 9.30. The fourth-order valence-electron chi connectivity index (χ4n) is 4.22. The Bertz CT molecular complexity index is 991. The molecule has 1 N–H and O–H groups in total. The maximum atomic E-state index is 12.9. The van der Waals surface area contributed by atoms with Crippen LogP contribution in [-0.4, -0.2) is 54.3 Å². The molecule has 0 unspecified atom stereocenters. The van der Waals surface area contributed by atoms with Crippen LogP contribution in [0.4, 0.5) is 4.79 Å². The normalized spacial score (nSPS) is 15.4. The fourth-order valence-corrected chi connectivity index (χ4v) is 4.22. The Morgan fingerprint density at radius 3 is 2.67 bits per heavy atom. The van der Waals surface area contributed by atoms with E-state index >= 15 is 0 Å². The van der Waals surface area contributed by atoms with Crippen molar-refractivity contribution in [3.05, 3.63) is 59.7 Å². The summed E-state index contributed by atoms with van der Waals surface area (Å²) in [6, 6.07) is 16.7. The number of amides is 1. The molecule has 0 bridgehead atoms. The topological polar surface area (TPSA) is 59.4 Å². The zero-order chi connectivity index (χ0) is 20.9. The number of ether oxygens (including phenoxy) is 1. The molecule has 0 aliphatic carbocycles. The fraction of sp³-hybridized carbons (Fsp3) is 0.417. The van der Waals surface area contributed by atoms with E-state index in [0.29, 0.717) is 18.5 Å². The van der Waals surface area contributed by atoms with Gasteiger partial charge in [0.05, 0.1) is 18.1 Å². The first-order valence-corrected chi connectivity index (χ1v) is 10.7. The quantitative estimate of drug-likeness (QED) is 0.628. The largest absolute Gasteiger partial charge is 0.468 e. The first kappa shape index (κ1) is 20.4. The summed E-state index contributed by atoms with van der Waals surface area (Å²) < 4.78 is 6.95. The monoisotopic (exact) mass is 406 g/mol. The summed E-state index contributed by atoms with van der Waals surface area (Å²) in [5, 5.41) is 3.00. The highest BCUT2D eigenvalue weighted by molar-refractivity contribution is 5.91. The van der Waals surface area contributed by atoms with Gasteiger partial charge < -0.3 is 15.0 Å². The highest BCUT2D eigenvalue weighted by atomic mass is 16.5. The SMILES string of the molecule is COc1nc2cc(C3CCN(C)CC3)ccc2n1C(=O)NCCCc1ccccc1. The number of nitrogens with one attached hydrogen (secondary N) is 1. The van der Waals surface area contributed by atoms with Gasteiger partial charge in [-0.1, -0.05) is 36.4 Å². The minimum absolute atomic E-state index is 0.200. The second-order valence-corrected chi connectivity index (χ2v) is 8.08. The molecule has 0 saturated carbocycles. The van der Waals surface area contributed by atoms with E-state index in [0.717, 1.165) is 49.8 Å². The van der Waals surface area contributed by atoms with Crippen LogP contribution in [0.25, 0.3) is 11.0 Å². The van der Waals surface area contributed by atoms with Crippen molar-refractivity contribution in [1.82, 2.24) is 19.8 Å². The minimum atomic E-state index is -0.200. The van der Waals surface area contributed by atoms with Crippen molar-refractivity contribution in [2.45, 2.75) is 31.6 Å². The first-order valence-electron chi connectivity index (χ1n) is 10.7. The smallest absolute Gasteiger partial charge is 0.330 e. The molecule has 1 aliphatic rings. The zero-order valence-corrected chi connectivity index (χ0v) is 17.8. The summed E-state index contributed by atoms with van der Waals surface area (Å²) in [6.07, 6.45) is 4.12. The maximum absolute atomic E-state index is 12.9. The molecule has 158 valence electrons. The van der Waals surface area contributed by atoms with Gasteiger partial charge in [0.15, 0.2) is 0 Å². The number of methoxy groups -OCH3 is 1. The van der Waals surface area contributed by atoms with Gasteiger partial charge in [0.2, 0.25) is 0 Å². The molecule has 0 radical (unpaired) electrons. The van der Waals surface area contributed by atoms with E-state index in [1.54, 1.807) is 7.11 Å². The molecule has 1 aliphatic heterocycles. The highest BCUT2D eigenvalue weighted by Gasteiger charge is 2.21. The molecule has 1 amide bonds. The third kappa shape index (κ3) is 4.49. The van der Waals surface area contributed by atoms with Gasteiger partial charge in [0.25, 0.3) is 0 Å². The Hall–Kier alpha value is -2.86. The summed E-state index contributed by atoms with van der Waals surface area (Å²) in [5.74, 6) is 0.550. The molecule has 0 spiro atoms. The number of aromatic nitrogens is 2. The average Bonchev–Trinajstić information content (AvgIpc) is 3.16. The van der Waals surface area contributed by atoms with Crippen LogP contribution in [0.3, 0.4) is 0 Å². The van der Waals surface area contributed by atoms with Gasteiger partial charge in [0.1, 0.15) is 0 Å². The van der Waals surface area contributed by atoms with E-state index in [1.165, 1.54) is 15.7 Å². The molecule has 2 heterocycles. The molecular formula is C24H30N4O2. The number of rotatable bonds is 6. The summed E-state index contributed by atoms with van der Waals surface area (Å²) >= 11 is 0. The van der Waals surface area contributed by atoms with Gasteiger partial charge in [-0.3, -0.25) is 0 Å². The van der Waals surface area contributed by atoms with E-state index in [9.17, 15) is 4.79 Å². The number of benzene rings is 2. The number of carbonyl (C=O) groups excluding carboxylic acids is 1. The van der Waals surface area contributed by atoms with Crippen molar-refractivity contribution in [3.63, 3.8) is 0 Å². The van der Waals surface area contributed by atoms with Gasteiger partial charge in [0, 0.05) is 6.54 Å². The third-order valence-electron chi connectivity index (χ3n) is 5.98. The first-order chi connectivity index (χ1) is 14.7. The van der Waals surface area contributed by atoms with E-state index in [2.05, 4.69) is 46.5 Å². The Morgan fingerprint density at radius 1 is 1.17 bits per heavy atom. The summed E-state index contributed by atoms with van der Waals surface area (Å²) in [6.45, 7) is 2.84. The minimum Gasteiger partial charge on any atom is -0.468 e. The van der Waals surface area contributed by atoms with Crippen LogP contribution in [0.1, 0.15) is 36.3 Å². The average molecular weight is 407 g/mol. The number of nitrogens with zero attached hydrogens (tertiary/aromatic N) is 3. The van der Waals surface area contributed by atoms with Crippen LogP contribution in [-0.2, 0) is 6.42 Å². The number of imidazole rings is 1. The van der Waals surface area contributed by atoms with Crippen LogP contribution in [0.5, 0.6) is 6.01 Å². The van der Waals surface area contributed by atoms with Gasteiger partial charge in [-0.15, -0.1) is 0 Å². The predicted octanol–water partition coefficient (Wildman–Crippen LogP) is 4.04. The molecular weight excluding hydrogens is 376 g/mol. The maximum Gasteiger partial charge on any atom is 0.330 e. The second-order valence-electron chi connectivity index (χ2n) is 8.08. The molecule has 1 fully saturated rings. The standard InChI is InChI=1S/C24H30N4O2/c1-27-15-12-19(13-16-27)20-10-11-22-21(17-20)26-24(30-2)28(22)23(29)25-14-6-9-18-7-4-3-5-8-18/h3-5,7-8,10-11,17,19H,6,9,12-16H2,1-2H3,(H,25,29). The summed E-state index contributed by atoms with van der Waals surface area (Å²) in [5.41, 5.74) is 4.16. The van der Waals surface area contributed by atoms with Crippen molar-refractivity contribution in [1.29, 1.82) is 0 Å². The van der Waals surface area contributed by atoms with Gasteiger partial charge >= 0.3 is 12.0 Å². The number of fused-ring (bicyclic) bond motifs is 1.